The van der Waals surface area contributed by atoms with Crippen LogP contribution < -0.4 is 0 Å². The first-order valence-electron chi connectivity index (χ1n) is 6.07. The third-order valence-electron chi connectivity index (χ3n) is 3.55. The highest BCUT2D eigenvalue weighted by Gasteiger charge is 2.37. The fraction of sp³-hybridized carbons (Fsp3) is 0.417. The molecular weight excluding hydrogens is 275 g/mol. The summed E-state index contributed by atoms with van der Waals surface area (Å²) in [6, 6.07) is 0.507. The van der Waals surface area contributed by atoms with Crippen LogP contribution in [-0.4, -0.2) is 25.7 Å². The van der Waals surface area contributed by atoms with E-state index in [0.717, 1.165) is 19.3 Å². The maximum atomic E-state index is 13.0. The smallest absolute Gasteiger partial charge is 0.433 e. The van der Waals surface area contributed by atoms with Gasteiger partial charge in [-0.05, 0) is 18.8 Å². The lowest BCUT2D eigenvalue weighted by Gasteiger charge is -2.24. The molecule has 1 aliphatic rings. The van der Waals surface area contributed by atoms with Crippen molar-refractivity contribution in [1.29, 1.82) is 0 Å². The van der Waals surface area contributed by atoms with Gasteiger partial charge in [-0.1, -0.05) is 6.42 Å². The van der Waals surface area contributed by atoms with Crippen LogP contribution in [-0.2, 0) is 6.18 Å². The molecule has 2 aromatic rings. The van der Waals surface area contributed by atoms with Crippen molar-refractivity contribution in [2.75, 3.05) is 0 Å². The number of aromatic nitrogens is 3. The highest BCUT2D eigenvalue weighted by atomic mass is 19.4. The molecule has 2 heterocycles. The Morgan fingerprint density at radius 2 is 2.10 bits per heavy atom. The van der Waals surface area contributed by atoms with Crippen molar-refractivity contribution in [2.24, 2.45) is 0 Å². The van der Waals surface area contributed by atoms with E-state index < -0.39 is 23.5 Å². The fourth-order valence-corrected chi connectivity index (χ4v) is 2.30. The van der Waals surface area contributed by atoms with Crippen LogP contribution in [0.3, 0.4) is 0 Å². The number of carboxylic acids is 1. The monoisotopic (exact) mass is 285 g/mol. The van der Waals surface area contributed by atoms with E-state index in [9.17, 15) is 18.0 Å². The lowest BCUT2D eigenvalue weighted by atomic mass is 9.81. The summed E-state index contributed by atoms with van der Waals surface area (Å²) in [6.45, 7) is 0. The third-order valence-corrected chi connectivity index (χ3v) is 3.55. The van der Waals surface area contributed by atoms with Gasteiger partial charge in [0.05, 0.1) is 6.20 Å². The van der Waals surface area contributed by atoms with Gasteiger partial charge < -0.3 is 5.11 Å². The van der Waals surface area contributed by atoms with Gasteiger partial charge in [-0.3, -0.25) is 0 Å². The number of hydrogen-bond acceptors (Lipinski definition) is 3. The molecule has 1 saturated carbocycles. The minimum atomic E-state index is -4.69. The van der Waals surface area contributed by atoms with Crippen molar-refractivity contribution in [1.82, 2.24) is 14.6 Å². The highest BCUT2D eigenvalue weighted by Crippen LogP contribution is 2.39. The van der Waals surface area contributed by atoms with E-state index >= 15 is 0 Å². The van der Waals surface area contributed by atoms with E-state index in [4.69, 9.17) is 5.11 Å². The molecule has 1 aliphatic carbocycles. The second-order valence-electron chi connectivity index (χ2n) is 4.79. The normalized spacial score (nSPS) is 16.4. The van der Waals surface area contributed by atoms with Crippen LogP contribution in [0.2, 0.25) is 0 Å². The van der Waals surface area contributed by atoms with Gasteiger partial charge in [0.15, 0.2) is 17.0 Å². The molecule has 0 aliphatic heterocycles. The second-order valence-corrected chi connectivity index (χ2v) is 4.79. The molecule has 8 heteroatoms. The van der Waals surface area contributed by atoms with E-state index in [-0.39, 0.29) is 11.6 Å². The van der Waals surface area contributed by atoms with E-state index in [1.807, 2.05) is 0 Å². The first-order chi connectivity index (χ1) is 9.38. The molecule has 0 saturated heterocycles. The van der Waals surface area contributed by atoms with Gasteiger partial charge in [-0.2, -0.15) is 18.3 Å². The van der Waals surface area contributed by atoms with E-state index in [1.165, 1.54) is 6.20 Å². The van der Waals surface area contributed by atoms with Crippen LogP contribution in [0.1, 0.15) is 46.9 Å². The summed E-state index contributed by atoms with van der Waals surface area (Å²) in [5.41, 5.74) is -1.16. The van der Waals surface area contributed by atoms with Crippen molar-refractivity contribution in [3.8, 4) is 0 Å². The number of carbonyl (C=O) groups is 1. The lowest BCUT2D eigenvalue weighted by molar-refractivity contribution is -0.142. The molecule has 0 aromatic carbocycles. The summed E-state index contributed by atoms with van der Waals surface area (Å²) in [4.78, 5) is 14.8. The minimum absolute atomic E-state index is 0.0121. The number of fused-ring (bicyclic) bond motifs is 1. The molecule has 3 rings (SSSR count). The maximum Gasteiger partial charge on any atom is 0.433 e. The number of rotatable bonds is 2. The molecule has 0 unspecified atom stereocenters. The van der Waals surface area contributed by atoms with Crippen LogP contribution in [0, 0.1) is 0 Å². The summed E-state index contributed by atoms with van der Waals surface area (Å²) >= 11 is 0. The predicted molar refractivity (Wildman–Crippen MR) is 61.5 cm³/mol. The quantitative estimate of drug-likeness (QED) is 0.921. The zero-order valence-corrected chi connectivity index (χ0v) is 10.2. The molecule has 1 fully saturated rings. The molecular formula is C12H10F3N3O2. The van der Waals surface area contributed by atoms with Gasteiger partial charge in [0.25, 0.3) is 0 Å². The Kier molecular flexibility index (Phi) is 2.70. The highest BCUT2D eigenvalue weighted by molar-refractivity contribution is 5.86. The van der Waals surface area contributed by atoms with Crippen LogP contribution in [0.25, 0.3) is 5.65 Å². The van der Waals surface area contributed by atoms with E-state index in [2.05, 4.69) is 10.1 Å². The third kappa shape index (κ3) is 1.91. The Morgan fingerprint density at radius 1 is 1.40 bits per heavy atom. The Morgan fingerprint density at radius 3 is 2.60 bits per heavy atom. The van der Waals surface area contributed by atoms with E-state index in [1.54, 1.807) is 0 Å². The van der Waals surface area contributed by atoms with Crippen molar-refractivity contribution >= 4 is 11.6 Å². The standard InChI is InChI=1S/C12H10F3N3O2/c13-12(14,15)9-4-8(11(19)20)17-10-7(5-16-18(9)10)6-2-1-3-6/h4-6H,1-3H2,(H,19,20). The molecule has 5 nitrogen and oxygen atoms in total. The van der Waals surface area contributed by atoms with Gasteiger partial charge in [0, 0.05) is 11.6 Å². The fourth-order valence-electron chi connectivity index (χ4n) is 2.30. The van der Waals surface area contributed by atoms with Crippen molar-refractivity contribution in [3.63, 3.8) is 0 Å². The molecule has 20 heavy (non-hydrogen) atoms. The lowest BCUT2D eigenvalue weighted by Crippen LogP contribution is -2.17. The Hall–Kier alpha value is -2.12. The molecule has 0 spiro atoms. The maximum absolute atomic E-state index is 13.0. The molecule has 2 aromatic heterocycles. The molecule has 0 atom stereocenters. The summed E-state index contributed by atoms with van der Waals surface area (Å²) < 4.78 is 39.6. The van der Waals surface area contributed by atoms with Crippen LogP contribution in [0.15, 0.2) is 12.3 Å². The number of carboxylic acid groups (broad SMARTS) is 1. The summed E-state index contributed by atoms with van der Waals surface area (Å²) in [6.07, 6.45) is -0.600. The van der Waals surface area contributed by atoms with Crippen LogP contribution >= 0.6 is 0 Å². The van der Waals surface area contributed by atoms with Gasteiger partial charge in [-0.25, -0.2) is 14.3 Å². The average molecular weight is 285 g/mol. The van der Waals surface area contributed by atoms with E-state index in [0.29, 0.717) is 16.1 Å². The predicted octanol–water partition coefficient (Wildman–Crippen LogP) is 2.71. The topological polar surface area (TPSA) is 67.5 Å². The summed E-state index contributed by atoms with van der Waals surface area (Å²) in [5.74, 6) is -1.37. The number of halogens is 3. The van der Waals surface area contributed by atoms with Gasteiger partial charge in [0.2, 0.25) is 0 Å². The minimum Gasteiger partial charge on any atom is -0.477 e. The number of hydrogen-bond donors (Lipinski definition) is 1. The molecule has 106 valence electrons. The zero-order valence-electron chi connectivity index (χ0n) is 10.2. The molecule has 1 N–H and O–H groups in total. The zero-order chi connectivity index (χ0) is 14.5. The van der Waals surface area contributed by atoms with Crippen LogP contribution in [0.5, 0.6) is 0 Å². The SMILES string of the molecule is O=C(O)c1cc(C(F)(F)F)n2ncc(C3CCC3)c2n1. The van der Waals surface area contributed by atoms with Gasteiger partial charge in [-0.15, -0.1) is 0 Å². The van der Waals surface area contributed by atoms with Gasteiger partial charge >= 0.3 is 12.1 Å². The molecule has 0 amide bonds. The largest absolute Gasteiger partial charge is 0.477 e. The summed E-state index contributed by atoms with van der Waals surface area (Å²) in [7, 11) is 0. The Balaban J connectivity index is 2.27. The Bertz CT molecular complexity index is 689. The van der Waals surface area contributed by atoms with Crippen molar-refractivity contribution in [2.45, 2.75) is 31.4 Å². The molecule has 0 bridgehead atoms. The number of aromatic carboxylic acids is 1. The number of alkyl halides is 3. The second kappa shape index (κ2) is 4.19. The van der Waals surface area contributed by atoms with Crippen LogP contribution in [0.4, 0.5) is 13.2 Å². The average Bonchev–Trinajstić information content (AvgIpc) is 2.68. The van der Waals surface area contributed by atoms with Gasteiger partial charge in [0.1, 0.15) is 0 Å². The van der Waals surface area contributed by atoms with Crippen molar-refractivity contribution in [3.05, 3.63) is 29.2 Å². The first-order valence-corrected chi connectivity index (χ1v) is 6.07. The molecule has 0 radical (unpaired) electrons. The van der Waals surface area contributed by atoms with Crippen molar-refractivity contribution < 1.29 is 23.1 Å². The Labute approximate surface area is 111 Å². The number of nitrogens with zero attached hydrogens (tertiary/aromatic N) is 3. The first kappa shape index (κ1) is 12.9. The summed E-state index contributed by atoms with van der Waals surface area (Å²) in [5, 5.41) is 12.6.